The van der Waals surface area contributed by atoms with E-state index in [2.05, 4.69) is 22.2 Å². The van der Waals surface area contributed by atoms with Crippen molar-refractivity contribution in [3.8, 4) is 0 Å². The van der Waals surface area contributed by atoms with E-state index in [-0.39, 0.29) is 36.1 Å². The summed E-state index contributed by atoms with van der Waals surface area (Å²) in [5.41, 5.74) is 2.26. The molecule has 1 aliphatic carbocycles. The smallest absolute Gasteiger partial charge is 0.387 e. The van der Waals surface area contributed by atoms with Gasteiger partial charge in [-0.25, -0.2) is 13.6 Å². The first-order chi connectivity index (χ1) is 17.2. The molecule has 0 bridgehead atoms. The lowest BCUT2D eigenvalue weighted by molar-refractivity contribution is -0.201. The minimum Gasteiger partial charge on any atom is -0.387 e. The molecule has 2 aromatic carbocycles. The number of fused-ring (bicyclic) bond motifs is 1. The van der Waals surface area contributed by atoms with E-state index in [1.807, 2.05) is 26.0 Å². The molecule has 1 atom stereocenters. The molecule has 0 spiro atoms. The summed E-state index contributed by atoms with van der Waals surface area (Å²) >= 11 is 0. The van der Waals surface area contributed by atoms with Gasteiger partial charge in [0.1, 0.15) is 0 Å². The lowest BCUT2D eigenvalue weighted by atomic mass is 9.88. The molecule has 0 aromatic heterocycles. The van der Waals surface area contributed by atoms with Gasteiger partial charge in [-0.1, -0.05) is 30.3 Å². The summed E-state index contributed by atoms with van der Waals surface area (Å²) in [5.74, 6) is -5.94. The van der Waals surface area contributed by atoms with Crippen LogP contribution in [0.3, 0.4) is 0 Å². The fourth-order valence-corrected chi connectivity index (χ4v) is 4.78. The van der Waals surface area contributed by atoms with E-state index in [0.29, 0.717) is 5.92 Å². The number of carbonyl (C=O) groups is 2. The Bertz CT molecular complexity index is 1110. The minimum absolute atomic E-state index is 0.00656. The van der Waals surface area contributed by atoms with E-state index < -0.39 is 42.3 Å². The molecular formula is C27H30F5NO4. The molecule has 0 saturated carbocycles. The highest BCUT2D eigenvalue weighted by Crippen LogP contribution is 2.32. The Kier molecular flexibility index (Phi) is 9.07. The summed E-state index contributed by atoms with van der Waals surface area (Å²) in [6, 6.07) is 10.4. The number of esters is 2. The largest absolute Gasteiger partial charge is 0.491 e. The molecule has 0 unspecified atom stereocenters. The number of halogens is 5. The third-order valence-electron chi connectivity index (χ3n) is 6.47. The molecule has 0 amide bonds. The van der Waals surface area contributed by atoms with Crippen molar-refractivity contribution < 1.29 is 41.4 Å². The summed E-state index contributed by atoms with van der Waals surface area (Å²) < 4.78 is 68.8. The van der Waals surface area contributed by atoms with Crippen molar-refractivity contribution >= 4 is 11.9 Å². The zero-order chi connectivity index (χ0) is 27.4. The Balaban J connectivity index is 1.53. The van der Waals surface area contributed by atoms with Crippen molar-refractivity contribution in [2.45, 2.75) is 70.2 Å². The Morgan fingerprint density at radius 2 is 1.73 bits per heavy atom. The molecule has 2 N–H and O–H groups in total. The maximum absolute atomic E-state index is 14.5. The van der Waals surface area contributed by atoms with Crippen molar-refractivity contribution in [2.75, 3.05) is 6.54 Å². The molecular weight excluding hydrogens is 497 g/mol. The van der Waals surface area contributed by atoms with Crippen molar-refractivity contribution in [1.29, 1.82) is 0 Å². The summed E-state index contributed by atoms with van der Waals surface area (Å²) in [4.78, 5) is 22.1. The van der Waals surface area contributed by atoms with Gasteiger partial charge in [0.2, 0.25) is 0 Å². The average Bonchev–Trinajstić information content (AvgIpc) is 3.20. The van der Waals surface area contributed by atoms with Gasteiger partial charge in [-0.05, 0) is 74.6 Å². The zero-order valence-electron chi connectivity index (χ0n) is 20.6. The van der Waals surface area contributed by atoms with Gasteiger partial charge in [0.25, 0.3) is 0 Å². The van der Waals surface area contributed by atoms with Gasteiger partial charge in [-0.2, -0.15) is 13.2 Å². The number of benzene rings is 2. The van der Waals surface area contributed by atoms with Crippen molar-refractivity contribution in [2.24, 2.45) is 5.92 Å². The second-order valence-electron chi connectivity index (χ2n) is 10.1. The van der Waals surface area contributed by atoms with Crippen LogP contribution in [0, 0.1) is 17.6 Å². The summed E-state index contributed by atoms with van der Waals surface area (Å²) in [7, 11) is 0. The predicted molar refractivity (Wildman–Crippen MR) is 125 cm³/mol. The number of aliphatic hydroxyl groups excluding tert-OH is 1. The van der Waals surface area contributed by atoms with Crippen LogP contribution in [0.2, 0.25) is 0 Å². The first kappa shape index (κ1) is 28.7. The fourth-order valence-electron chi connectivity index (χ4n) is 4.78. The third kappa shape index (κ3) is 8.07. The van der Waals surface area contributed by atoms with Crippen LogP contribution in [0.25, 0.3) is 0 Å². The van der Waals surface area contributed by atoms with E-state index in [0.717, 1.165) is 25.3 Å². The van der Waals surface area contributed by atoms with E-state index in [1.165, 1.54) is 17.2 Å². The topological polar surface area (TPSA) is 75.6 Å². The lowest BCUT2D eigenvalue weighted by Crippen LogP contribution is -2.43. The van der Waals surface area contributed by atoms with Gasteiger partial charge in [0.05, 0.1) is 6.10 Å². The van der Waals surface area contributed by atoms with E-state index in [9.17, 15) is 36.6 Å². The van der Waals surface area contributed by atoms with Crippen LogP contribution in [0.5, 0.6) is 0 Å². The first-order valence-electron chi connectivity index (χ1n) is 12.0. The molecule has 0 aliphatic heterocycles. The zero-order valence-corrected chi connectivity index (χ0v) is 20.6. The number of hydrogen-bond donors (Lipinski definition) is 2. The number of ether oxygens (including phenoxy) is 1. The highest BCUT2D eigenvalue weighted by atomic mass is 19.4. The monoisotopic (exact) mass is 527 g/mol. The molecule has 0 heterocycles. The molecule has 3 rings (SSSR count). The van der Waals surface area contributed by atoms with Crippen LogP contribution in [0.4, 0.5) is 22.0 Å². The Morgan fingerprint density at radius 3 is 2.32 bits per heavy atom. The number of rotatable bonds is 10. The van der Waals surface area contributed by atoms with Gasteiger partial charge in [0, 0.05) is 24.1 Å². The van der Waals surface area contributed by atoms with Crippen LogP contribution in [0.1, 0.15) is 61.5 Å². The highest BCUT2D eigenvalue weighted by molar-refractivity contribution is 5.88. The number of aliphatic hydroxyl groups is 1. The maximum Gasteiger partial charge on any atom is 0.491 e. The van der Waals surface area contributed by atoms with E-state index in [1.54, 1.807) is 0 Å². The number of alkyl halides is 3. The Hall–Kier alpha value is -2.85. The van der Waals surface area contributed by atoms with Gasteiger partial charge >= 0.3 is 18.1 Å². The average molecular weight is 528 g/mol. The number of aryl methyl sites for hydroxylation is 1. The second-order valence-corrected chi connectivity index (χ2v) is 10.1. The maximum atomic E-state index is 14.5. The second kappa shape index (κ2) is 11.7. The van der Waals surface area contributed by atoms with Crippen LogP contribution >= 0.6 is 0 Å². The SMILES string of the molecule is CC(C)(CC1Cc2ccccc2C1)NC[C@@H](O)c1cc(CCCC(=O)OC(=O)C(F)(F)F)cc(F)c1F. The van der Waals surface area contributed by atoms with E-state index in [4.69, 9.17) is 0 Å². The van der Waals surface area contributed by atoms with Crippen LogP contribution < -0.4 is 5.32 Å². The fraction of sp³-hybridized carbons (Fsp3) is 0.481. The quantitative estimate of drug-likeness (QED) is 0.255. The minimum atomic E-state index is -5.29. The number of hydrogen-bond acceptors (Lipinski definition) is 5. The summed E-state index contributed by atoms with van der Waals surface area (Å²) in [6.07, 6.45) is -4.51. The molecule has 5 nitrogen and oxygen atoms in total. The lowest BCUT2D eigenvalue weighted by Gasteiger charge is -2.30. The molecule has 37 heavy (non-hydrogen) atoms. The summed E-state index contributed by atoms with van der Waals surface area (Å²) in [5, 5.41) is 13.9. The van der Waals surface area contributed by atoms with Gasteiger partial charge < -0.3 is 15.2 Å². The molecule has 0 fully saturated rings. The van der Waals surface area contributed by atoms with Crippen LogP contribution in [-0.4, -0.2) is 35.3 Å². The normalized spacial score (nSPS) is 14.9. The predicted octanol–water partition coefficient (Wildman–Crippen LogP) is 5.13. The highest BCUT2D eigenvalue weighted by Gasteiger charge is 2.42. The van der Waals surface area contributed by atoms with Crippen molar-refractivity contribution in [1.82, 2.24) is 5.32 Å². The molecule has 10 heteroatoms. The van der Waals surface area contributed by atoms with Gasteiger partial charge in [-0.3, -0.25) is 4.79 Å². The Morgan fingerprint density at radius 1 is 1.11 bits per heavy atom. The van der Waals surface area contributed by atoms with Crippen molar-refractivity contribution in [3.63, 3.8) is 0 Å². The van der Waals surface area contributed by atoms with Crippen LogP contribution in [0.15, 0.2) is 36.4 Å². The number of nitrogens with one attached hydrogen (secondary N) is 1. The van der Waals surface area contributed by atoms with E-state index >= 15 is 0 Å². The third-order valence-corrected chi connectivity index (χ3v) is 6.47. The number of carbonyl (C=O) groups excluding carboxylic acids is 2. The molecule has 0 saturated heterocycles. The molecule has 202 valence electrons. The molecule has 1 aliphatic rings. The Labute approximate surface area is 212 Å². The van der Waals surface area contributed by atoms with Crippen molar-refractivity contribution in [3.05, 3.63) is 70.3 Å². The summed E-state index contributed by atoms with van der Waals surface area (Å²) in [6.45, 7) is 3.94. The van der Waals surface area contributed by atoms with Crippen LogP contribution in [-0.2, 0) is 33.6 Å². The van der Waals surface area contributed by atoms with Gasteiger partial charge in [-0.15, -0.1) is 0 Å². The standard InChI is InChI=1S/C27H30F5NO4/c1-26(2,14-17-10-18-7-3-4-8-19(18)11-17)33-15-22(34)20-12-16(13-21(28)24(20)29)6-5-9-23(35)37-25(36)27(30,31)32/h3-4,7-8,12-13,17,22,33-34H,5-6,9-11,14-15H2,1-2H3/t22-/m1/s1. The number of β-amino-alcohol motifs (C(OH)–C–C–N with tert-alkyl or cyclic N) is 1. The first-order valence-corrected chi connectivity index (χ1v) is 12.0. The molecule has 0 radical (unpaired) electrons. The van der Waals surface area contributed by atoms with Gasteiger partial charge in [0.15, 0.2) is 11.6 Å². The molecule has 2 aromatic rings.